The molecule has 0 radical (unpaired) electrons. The number of piperidine rings is 1. The molecule has 1 saturated heterocycles. The third-order valence-corrected chi connectivity index (χ3v) is 5.28. The maximum Gasteiger partial charge on any atom is 0.313 e. The van der Waals surface area contributed by atoms with Crippen LogP contribution in [0.15, 0.2) is 18.2 Å². The van der Waals surface area contributed by atoms with Gasteiger partial charge < -0.3 is 14.9 Å². The normalized spacial score (nSPS) is 27.9. The molecule has 0 aromatic heterocycles. The zero-order chi connectivity index (χ0) is 17.3. The quantitative estimate of drug-likeness (QED) is 0.833. The molecule has 1 saturated carbocycles. The van der Waals surface area contributed by atoms with Gasteiger partial charge in [0.25, 0.3) is 0 Å². The number of likely N-dealkylation sites (tertiary alicyclic amines) is 1. The minimum absolute atomic E-state index is 0.247. The van der Waals surface area contributed by atoms with Gasteiger partial charge in [0.15, 0.2) is 0 Å². The number of halogens is 1. The number of ether oxygens (including phenoxy) is 1. The number of hydrogen-bond donors (Lipinski definition) is 2. The van der Waals surface area contributed by atoms with Gasteiger partial charge in [0.2, 0.25) is 0 Å². The topological polar surface area (TPSA) is 70.0 Å². The minimum atomic E-state index is -1.14. The third-order valence-electron chi connectivity index (χ3n) is 5.28. The predicted octanol–water partition coefficient (Wildman–Crippen LogP) is 2.27. The van der Waals surface area contributed by atoms with Crippen LogP contribution in [0.3, 0.4) is 0 Å². The van der Waals surface area contributed by atoms with Gasteiger partial charge in [-0.15, -0.1) is 0 Å². The summed E-state index contributed by atoms with van der Waals surface area (Å²) in [6.07, 6.45) is 2.12. The van der Waals surface area contributed by atoms with Crippen LogP contribution in [0, 0.1) is 17.2 Å². The number of aliphatic hydroxyl groups is 1. The first-order valence-corrected chi connectivity index (χ1v) is 8.41. The van der Waals surface area contributed by atoms with Crippen molar-refractivity contribution in [2.45, 2.75) is 38.3 Å². The second-order valence-corrected chi connectivity index (χ2v) is 7.08. The van der Waals surface area contributed by atoms with E-state index in [1.165, 1.54) is 13.2 Å². The molecule has 0 unspecified atom stereocenters. The number of methoxy groups -OCH3 is 1. The average molecular weight is 337 g/mol. The van der Waals surface area contributed by atoms with Crippen LogP contribution in [0.2, 0.25) is 0 Å². The Morgan fingerprint density at radius 1 is 1.42 bits per heavy atom. The second kappa shape index (κ2) is 6.69. The average Bonchev–Trinajstić information content (AvgIpc) is 3.36. The van der Waals surface area contributed by atoms with Gasteiger partial charge in [0, 0.05) is 25.2 Å². The van der Waals surface area contributed by atoms with Gasteiger partial charge in [-0.3, -0.25) is 9.69 Å². The lowest BCUT2D eigenvalue weighted by molar-refractivity contribution is -0.165. The van der Waals surface area contributed by atoms with E-state index in [-0.39, 0.29) is 12.4 Å². The number of carboxylic acid groups (broad SMARTS) is 1. The molecule has 1 aromatic carbocycles. The van der Waals surface area contributed by atoms with Crippen molar-refractivity contribution in [3.8, 4) is 5.75 Å². The zero-order valence-corrected chi connectivity index (χ0v) is 13.9. The van der Waals surface area contributed by atoms with Crippen LogP contribution in [0.4, 0.5) is 4.39 Å². The maximum absolute atomic E-state index is 14.1. The highest BCUT2D eigenvalue weighted by Crippen LogP contribution is 2.45. The summed E-state index contributed by atoms with van der Waals surface area (Å²) < 4.78 is 19.2. The molecule has 2 atom stereocenters. The monoisotopic (exact) mass is 337 g/mol. The number of rotatable bonds is 6. The third kappa shape index (κ3) is 3.39. The van der Waals surface area contributed by atoms with Crippen LogP contribution in [0.1, 0.15) is 31.2 Å². The number of hydrogen-bond acceptors (Lipinski definition) is 4. The summed E-state index contributed by atoms with van der Waals surface area (Å²) in [5, 5.41) is 20.2. The molecule has 1 aliphatic carbocycles. The first-order chi connectivity index (χ1) is 11.4. The van der Waals surface area contributed by atoms with Gasteiger partial charge in [0.1, 0.15) is 17.0 Å². The van der Waals surface area contributed by atoms with Crippen molar-refractivity contribution < 1.29 is 24.1 Å². The van der Waals surface area contributed by atoms with Crippen molar-refractivity contribution in [3.63, 3.8) is 0 Å². The van der Waals surface area contributed by atoms with Crippen molar-refractivity contribution >= 4 is 5.97 Å². The Bertz CT molecular complexity index is 619. The summed E-state index contributed by atoms with van der Waals surface area (Å²) in [5.74, 6) is -0.307. The summed E-state index contributed by atoms with van der Waals surface area (Å²) in [6.45, 7) is 1.11. The van der Waals surface area contributed by atoms with E-state index in [0.717, 1.165) is 12.8 Å². The Hall–Kier alpha value is -1.66. The highest BCUT2D eigenvalue weighted by molar-refractivity contribution is 5.76. The second-order valence-electron chi connectivity index (χ2n) is 7.08. The molecule has 2 aliphatic rings. The predicted molar refractivity (Wildman–Crippen MR) is 86.3 cm³/mol. The summed E-state index contributed by atoms with van der Waals surface area (Å²) in [7, 11) is 1.53. The number of carbonyl (C=O) groups is 1. The van der Waals surface area contributed by atoms with E-state index in [0.29, 0.717) is 43.2 Å². The van der Waals surface area contributed by atoms with Crippen LogP contribution in [-0.2, 0) is 11.3 Å². The number of nitrogens with zero attached hydrogens (tertiary/aromatic N) is 1. The van der Waals surface area contributed by atoms with Crippen molar-refractivity contribution in [3.05, 3.63) is 29.6 Å². The number of benzene rings is 1. The van der Waals surface area contributed by atoms with E-state index in [1.54, 1.807) is 12.1 Å². The standard InChI is InChI=1S/C18H24FNO4/c1-24-14-4-5-15(19)13(8-14)10-20-7-6-16(21)18(11-20,17(22)23)9-12-2-3-12/h4-5,8,12,16,21H,2-3,6-7,9-11H2,1H3,(H,22,23)/t16-,18+/m0/s1. The molecule has 1 heterocycles. The van der Waals surface area contributed by atoms with E-state index >= 15 is 0 Å². The van der Waals surface area contributed by atoms with Crippen molar-refractivity contribution in [1.29, 1.82) is 0 Å². The van der Waals surface area contributed by atoms with Crippen LogP contribution in [0.25, 0.3) is 0 Å². The molecule has 5 nitrogen and oxygen atoms in total. The molecule has 1 aromatic rings. The van der Waals surface area contributed by atoms with Gasteiger partial charge in [-0.1, -0.05) is 12.8 Å². The van der Waals surface area contributed by atoms with Gasteiger partial charge in [-0.05, 0) is 37.0 Å². The minimum Gasteiger partial charge on any atom is -0.497 e. The summed E-state index contributed by atoms with van der Waals surface area (Å²) >= 11 is 0. The number of carboxylic acids is 1. The van der Waals surface area contributed by atoms with E-state index < -0.39 is 17.5 Å². The fourth-order valence-electron chi connectivity index (χ4n) is 3.67. The van der Waals surface area contributed by atoms with E-state index in [9.17, 15) is 19.4 Å². The van der Waals surface area contributed by atoms with Crippen LogP contribution in [0.5, 0.6) is 5.75 Å². The first kappa shape index (κ1) is 17.2. The van der Waals surface area contributed by atoms with E-state index in [2.05, 4.69) is 0 Å². The lowest BCUT2D eigenvalue weighted by Gasteiger charge is -2.43. The first-order valence-electron chi connectivity index (χ1n) is 8.41. The fraction of sp³-hybridized carbons (Fsp3) is 0.611. The fourth-order valence-corrected chi connectivity index (χ4v) is 3.67. The molecule has 2 fully saturated rings. The van der Waals surface area contributed by atoms with Gasteiger partial charge in [0.05, 0.1) is 13.2 Å². The van der Waals surface area contributed by atoms with Gasteiger partial charge in [-0.2, -0.15) is 0 Å². The van der Waals surface area contributed by atoms with Crippen molar-refractivity contribution in [2.24, 2.45) is 11.3 Å². The smallest absolute Gasteiger partial charge is 0.313 e. The lowest BCUT2D eigenvalue weighted by atomic mass is 9.73. The van der Waals surface area contributed by atoms with Gasteiger partial charge in [-0.25, -0.2) is 4.39 Å². The Morgan fingerprint density at radius 2 is 2.17 bits per heavy atom. The molecule has 0 bridgehead atoms. The molecule has 3 rings (SSSR count). The van der Waals surface area contributed by atoms with Gasteiger partial charge >= 0.3 is 5.97 Å². The number of aliphatic hydroxyl groups excluding tert-OH is 1. The number of aliphatic carboxylic acids is 1. The molecule has 0 spiro atoms. The Kier molecular flexibility index (Phi) is 4.78. The molecule has 1 aliphatic heterocycles. The molecular weight excluding hydrogens is 313 g/mol. The molecule has 6 heteroatoms. The molecule has 0 amide bonds. The largest absolute Gasteiger partial charge is 0.497 e. The molecule has 2 N–H and O–H groups in total. The van der Waals surface area contributed by atoms with E-state index in [4.69, 9.17) is 4.74 Å². The van der Waals surface area contributed by atoms with Crippen LogP contribution in [-0.4, -0.2) is 47.4 Å². The van der Waals surface area contributed by atoms with Crippen LogP contribution >= 0.6 is 0 Å². The molecule has 132 valence electrons. The summed E-state index contributed by atoms with van der Waals surface area (Å²) in [5.41, 5.74) is -0.661. The maximum atomic E-state index is 14.1. The molecule has 24 heavy (non-hydrogen) atoms. The highest BCUT2D eigenvalue weighted by atomic mass is 19.1. The van der Waals surface area contributed by atoms with Crippen molar-refractivity contribution in [2.75, 3.05) is 20.2 Å². The Balaban J connectivity index is 1.78. The van der Waals surface area contributed by atoms with Crippen LogP contribution < -0.4 is 4.74 Å². The lowest BCUT2D eigenvalue weighted by Crippen LogP contribution is -2.56. The highest BCUT2D eigenvalue weighted by Gasteiger charge is 2.51. The summed E-state index contributed by atoms with van der Waals surface area (Å²) in [4.78, 5) is 13.9. The Morgan fingerprint density at radius 3 is 2.79 bits per heavy atom. The van der Waals surface area contributed by atoms with E-state index in [1.807, 2.05) is 4.90 Å². The summed E-state index contributed by atoms with van der Waals surface area (Å²) in [6, 6.07) is 4.57. The zero-order valence-electron chi connectivity index (χ0n) is 13.9. The van der Waals surface area contributed by atoms with Crippen molar-refractivity contribution in [1.82, 2.24) is 4.90 Å². The SMILES string of the molecule is COc1ccc(F)c(CN2CC[C@H](O)[C@](CC3CC3)(C(=O)O)C2)c1. The molecular formula is C18H24FNO4. The Labute approximate surface area is 141 Å².